The zero-order chi connectivity index (χ0) is 18.2. The highest BCUT2D eigenvalue weighted by Crippen LogP contribution is 2.67. The van der Waals surface area contributed by atoms with Crippen LogP contribution in [0.1, 0.15) is 72.6 Å². The van der Waals surface area contributed by atoms with E-state index in [1.54, 1.807) is 12.5 Å². The molecule has 140 valence electrons. The molecule has 0 unspecified atom stereocenters. The van der Waals surface area contributed by atoms with Gasteiger partial charge in [0.2, 0.25) is 0 Å². The molecule has 4 aliphatic rings. The number of carbonyl (C=O) groups is 1. The SMILES string of the molecule is CC(=O)[C@]1(O)[C@H](C)C[C@@H]2[C@@H]3CC[C@@H]4C[C@H](O)CC[C@]4(C)C3=CC[C@@]21C. The molecule has 3 heteroatoms. The van der Waals surface area contributed by atoms with Gasteiger partial charge in [0.05, 0.1) is 6.10 Å². The highest BCUT2D eigenvalue weighted by Gasteiger charge is 2.66. The van der Waals surface area contributed by atoms with Crippen molar-refractivity contribution in [3.05, 3.63) is 11.6 Å². The van der Waals surface area contributed by atoms with E-state index < -0.39 is 5.60 Å². The maximum Gasteiger partial charge on any atom is 0.162 e. The Kier molecular flexibility index (Phi) is 3.84. The minimum Gasteiger partial charge on any atom is -0.393 e. The third-order valence-electron chi connectivity index (χ3n) is 9.12. The van der Waals surface area contributed by atoms with Crippen LogP contribution in [-0.4, -0.2) is 27.7 Å². The van der Waals surface area contributed by atoms with E-state index in [0.29, 0.717) is 17.8 Å². The fourth-order valence-electron chi connectivity index (χ4n) is 7.60. The summed E-state index contributed by atoms with van der Waals surface area (Å²) in [6.07, 6.45) is 9.30. The third-order valence-corrected chi connectivity index (χ3v) is 9.12. The van der Waals surface area contributed by atoms with Gasteiger partial charge in [-0.25, -0.2) is 0 Å². The number of Topliss-reactive ketones (excluding diaryl/α,β-unsaturated/α-hetero) is 1. The Balaban J connectivity index is 1.74. The van der Waals surface area contributed by atoms with Crippen LogP contribution >= 0.6 is 0 Å². The highest BCUT2D eigenvalue weighted by molar-refractivity contribution is 5.86. The number of fused-ring (bicyclic) bond motifs is 5. The molecular weight excluding hydrogens is 312 g/mol. The Bertz CT molecular complexity index is 625. The van der Waals surface area contributed by atoms with Crippen molar-refractivity contribution in [2.24, 2.45) is 34.5 Å². The first kappa shape index (κ1) is 17.7. The molecular formula is C22H34O3. The van der Waals surface area contributed by atoms with Crippen molar-refractivity contribution in [2.75, 3.05) is 0 Å². The number of hydrogen-bond acceptors (Lipinski definition) is 3. The molecule has 3 saturated carbocycles. The van der Waals surface area contributed by atoms with E-state index in [9.17, 15) is 15.0 Å². The molecule has 2 N–H and O–H groups in total. The van der Waals surface area contributed by atoms with Gasteiger partial charge in [-0.3, -0.25) is 4.79 Å². The van der Waals surface area contributed by atoms with Gasteiger partial charge in [-0.1, -0.05) is 32.4 Å². The van der Waals surface area contributed by atoms with Gasteiger partial charge in [-0.05, 0) is 81.0 Å². The average Bonchev–Trinajstić information content (AvgIpc) is 2.77. The molecule has 4 rings (SSSR count). The topological polar surface area (TPSA) is 57.5 Å². The monoisotopic (exact) mass is 346 g/mol. The molecule has 0 aromatic carbocycles. The molecule has 3 fully saturated rings. The number of hydrogen-bond donors (Lipinski definition) is 2. The van der Waals surface area contributed by atoms with Crippen LogP contribution in [0, 0.1) is 34.5 Å². The van der Waals surface area contributed by atoms with Crippen molar-refractivity contribution >= 4 is 5.78 Å². The van der Waals surface area contributed by atoms with Crippen LogP contribution in [-0.2, 0) is 4.79 Å². The largest absolute Gasteiger partial charge is 0.393 e. The van der Waals surface area contributed by atoms with Crippen molar-refractivity contribution in [1.82, 2.24) is 0 Å². The van der Waals surface area contributed by atoms with Crippen LogP contribution < -0.4 is 0 Å². The van der Waals surface area contributed by atoms with Crippen molar-refractivity contribution in [1.29, 1.82) is 0 Å². The van der Waals surface area contributed by atoms with Gasteiger partial charge in [-0.2, -0.15) is 0 Å². The molecule has 0 heterocycles. The van der Waals surface area contributed by atoms with E-state index in [2.05, 4.69) is 26.8 Å². The summed E-state index contributed by atoms with van der Waals surface area (Å²) in [6, 6.07) is 0. The van der Waals surface area contributed by atoms with Crippen LogP contribution in [0.2, 0.25) is 0 Å². The lowest BCUT2D eigenvalue weighted by Gasteiger charge is -2.57. The summed E-state index contributed by atoms with van der Waals surface area (Å²) in [6.45, 7) is 8.22. The molecule has 8 atom stereocenters. The summed E-state index contributed by atoms with van der Waals surface area (Å²) in [5, 5.41) is 21.5. The summed E-state index contributed by atoms with van der Waals surface area (Å²) < 4.78 is 0. The lowest BCUT2D eigenvalue weighted by molar-refractivity contribution is -0.156. The number of allylic oxidation sites excluding steroid dienone is 2. The molecule has 25 heavy (non-hydrogen) atoms. The standard InChI is InChI=1S/C22H34O3/c1-13-11-19-17-6-5-15-12-16(24)7-9-20(15,3)18(17)8-10-21(19,4)22(13,25)14(2)23/h8,13,15-17,19,24-25H,5-7,9-12H2,1-4H3/t13-,15-,16-,17-,19-,20+,21+,22-/m1/s1. The Hall–Kier alpha value is -0.670. The zero-order valence-electron chi connectivity index (χ0n) is 16.2. The molecule has 3 nitrogen and oxygen atoms in total. The zero-order valence-corrected chi connectivity index (χ0v) is 16.2. The van der Waals surface area contributed by atoms with Crippen LogP contribution in [0.3, 0.4) is 0 Å². The average molecular weight is 347 g/mol. The molecule has 0 radical (unpaired) electrons. The number of aliphatic hydroxyl groups is 2. The molecule has 4 aliphatic carbocycles. The van der Waals surface area contributed by atoms with Gasteiger partial charge < -0.3 is 10.2 Å². The highest BCUT2D eigenvalue weighted by atomic mass is 16.3. The molecule has 0 aliphatic heterocycles. The van der Waals surface area contributed by atoms with Gasteiger partial charge in [0.25, 0.3) is 0 Å². The lowest BCUT2D eigenvalue weighted by Crippen LogP contribution is -2.56. The molecule has 0 saturated heterocycles. The van der Waals surface area contributed by atoms with Crippen molar-refractivity contribution < 1.29 is 15.0 Å². The van der Waals surface area contributed by atoms with Gasteiger partial charge in [0.15, 0.2) is 5.78 Å². The third kappa shape index (κ3) is 2.09. The summed E-state index contributed by atoms with van der Waals surface area (Å²) in [4.78, 5) is 12.4. The maximum atomic E-state index is 12.4. The van der Waals surface area contributed by atoms with E-state index in [1.807, 2.05) is 0 Å². The Labute approximate surface area is 151 Å². The van der Waals surface area contributed by atoms with Gasteiger partial charge in [0.1, 0.15) is 5.60 Å². The van der Waals surface area contributed by atoms with Crippen LogP contribution in [0.4, 0.5) is 0 Å². The maximum absolute atomic E-state index is 12.4. The Morgan fingerprint density at radius 3 is 2.60 bits per heavy atom. The molecule has 0 amide bonds. The Morgan fingerprint density at radius 2 is 1.92 bits per heavy atom. The van der Waals surface area contributed by atoms with Gasteiger partial charge >= 0.3 is 0 Å². The minimum atomic E-state index is -1.18. The number of rotatable bonds is 1. The van der Waals surface area contributed by atoms with Crippen LogP contribution in [0.5, 0.6) is 0 Å². The second-order valence-corrected chi connectivity index (χ2v) is 10.1. The normalized spacial score (nSPS) is 55.0. The van der Waals surface area contributed by atoms with Gasteiger partial charge in [-0.15, -0.1) is 0 Å². The second kappa shape index (κ2) is 5.42. The van der Waals surface area contributed by atoms with Gasteiger partial charge in [0, 0.05) is 5.41 Å². The smallest absolute Gasteiger partial charge is 0.162 e. The van der Waals surface area contributed by atoms with E-state index in [0.717, 1.165) is 38.5 Å². The first-order valence-electron chi connectivity index (χ1n) is 10.3. The summed E-state index contributed by atoms with van der Waals surface area (Å²) in [5.74, 6) is 1.48. The van der Waals surface area contributed by atoms with Crippen molar-refractivity contribution in [2.45, 2.75) is 84.3 Å². The Morgan fingerprint density at radius 1 is 1.20 bits per heavy atom. The first-order chi connectivity index (χ1) is 11.6. The predicted molar refractivity (Wildman–Crippen MR) is 97.9 cm³/mol. The number of aliphatic hydroxyl groups excluding tert-OH is 1. The van der Waals surface area contributed by atoms with E-state index in [4.69, 9.17) is 0 Å². The first-order valence-corrected chi connectivity index (χ1v) is 10.3. The van der Waals surface area contributed by atoms with E-state index in [-0.39, 0.29) is 28.6 Å². The predicted octanol–water partition coefficient (Wildman–Crippen LogP) is 3.88. The minimum absolute atomic E-state index is 0.0338. The van der Waals surface area contributed by atoms with E-state index >= 15 is 0 Å². The quantitative estimate of drug-likeness (QED) is 0.709. The fraction of sp³-hybridized carbons (Fsp3) is 0.864. The molecule has 0 bridgehead atoms. The lowest BCUT2D eigenvalue weighted by atomic mass is 9.48. The van der Waals surface area contributed by atoms with Crippen molar-refractivity contribution in [3.8, 4) is 0 Å². The number of carbonyl (C=O) groups excluding carboxylic acids is 1. The molecule has 0 spiro atoms. The summed E-state index contributed by atoms with van der Waals surface area (Å²) in [5.41, 5.74) is 0.298. The van der Waals surface area contributed by atoms with Crippen LogP contribution in [0.25, 0.3) is 0 Å². The van der Waals surface area contributed by atoms with Crippen LogP contribution in [0.15, 0.2) is 11.6 Å². The van der Waals surface area contributed by atoms with E-state index in [1.165, 1.54) is 6.42 Å². The summed E-state index contributed by atoms with van der Waals surface area (Å²) >= 11 is 0. The number of ketones is 1. The van der Waals surface area contributed by atoms with Crippen molar-refractivity contribution in [3.63, 3.8) is 0 Å². The molecule has 0 aromatic rings. The molecule has 0 aromatic heterocycles. The fourth-order valence-corrected chi connectivity index (χ4v) is 7.60. The second-order valence-electron chi connectivity index (χ2n) is 10.1. The summed E-state index contributed by atoms with van der Waals surface area (Å²) in [7, 11) is 0.